The number of rotatable bonds is 6. The molecule has 39 heavy (non-hydrogen) atoms. The number of ether oxygens (including phenoxy) is 1. The van der Waals surface area contributed by atoms with E-state index in [1.807, 2.05) is 56.9 Å². The number of aryl methyl sites for hydroxylation is 1. The Balaban J connectivity index is 1.22. The van der Waals surface area contributed by atoms with Crippen LogP contribution in [0.2, 0.25) is 0 Å². The lowest BCUT2D eigenvalue weighted by Gasteiger charge is -2.42. The minimum atomic E-state index is -0.929. The molecule has 0 bridgehead atoms. The molecule has 0 unspecified atom stereocenters. The third-order valence-corrected chi connectivity index (χ3v) is 7.00. The van der Waals surface area contributed by atoms with E-state index in [2.05, 4.69) is 20.6 Å². The Morgan fingerprint density at radius 3 is 2.69 bits per heavy atom. The van der Waals surface area contributed by atoms with Gasteiger partial charge in [-0.1, -0.05) is 17.3 Å². The van der Waals surface area contributed by atoms with Crippen LogP contribution in [-0.4, -0.2) is 56.0 Å². The van der Waals surface area contributed by atoms with Crippen LogP contribution in [0.25, 0.3) is 16.9 Å². The highest BCUT2D eigenvalue weighted by Crippen LogP contribution is 2.43. The maximum absolute atomic E-state index is 13.4. The van der Waals surface area contributed by atoms with Gasteiger partial charge < -0.3 is 19.5 Å². The summed E-state index contributed by atoms with van der Waals surface area (Å²) in [6.45, 7) is 8.15. The van der Waals surface area contributed by atoms with Crippen LogP contribution in [-0.2, 0) is 9.53 Å². The molecule has 1 N–H and O–H groups in total. The highest BCUT2D eigenvalue weighted by atomic mass is 19.1. The minimum Gasteiger partial charge on any atom is -0.458 e. The number of esters is 1. The van der Waals surface area contributed by atoms with E-state index >= 15 is 0 Å². The second kappa shape index (κ2) is 9.18. The predicted octanol–water partition coefficient (Wildman–Crippen LogP) is 4.69. The summed E-state index contributed by atoms with van der Waals surface area (Å²) in [5.74, 6) is -0.282. The van der Waals surface area contributed by atoms with Gasteiger partial charge >= 0.3 is 5.97 Å². The summed E-state index contributed by atoms with van der Waals surface area (Å²) in [6.07, 6.45) is 3.47. The number of pyridine rings is 1. The molecule has 1 saturated heterocycles. The average Bonchev–Trinajstić information content (AvgIpc) is 3.22. The fourth-order valence-electron chi connectivity index (χ4n) is 4.64. The summed E-state index contributed by atoms with van der Waals surface area (Å²) in [7, 11) is 0. The van der Waals surface area contributed by atoms with Crippen LogP contribution >= 0.6 is 0 Å². The van der Waals surface area contributed by atoms with Gasteiger partial charge in [-0.15, -0.1) is 0 Å². The van der Waals surface area contributed by atoms with Gasteiger partial charge in [0.15, 0.2) is 0 Å². The van der Waals surface area contributed by atoms with E-state index in [4.69, 9.17) is 9.26 Å². The fraction of sp³-hybridized carbons (Fsp3) is 0.393. The standard InChI is InChI=1S/C28H29FN6O4/c1-15-5-6-16(24-32-26(39-33-24)18-13-20(18)29)11-21(15)31-25(36)19-14-30-35-10-7-17(12-23(19)35)34-9-8-22(34)27(37)38-28(2,3)4/h5-7,10-12,14,18,20,22H,8-9,13H2,1-4H3,(H,31,36)/t18-,20-,22-/m0/s1. The summed E-state index contributed by atoms with van der Waals surface area (Å²) in [5, 5.41) is 11.3. The molecule has 4 heterocycles. The Bertz CT molecular complexity index is 1590. The second-order valence-corrected chi connectivity index (χ2v) is 11.1. The van der Waals surface area contributed by atoms with Gasteiger partial charge in [0.2, 0.25) is 11.7 Å². The molecule has 0 spiro atoms. The summed E-state index contributed by atoms with van der Waals surface area (Å²) in [5.41, 5.74) is 3.34. The number of aromatic nitrogens is 4. The van der Waals surface area contributed by atoms with Crippen LogP contribution in [0.1, 0.15) is 61.3 Å². The number of carbonyl (C=O) groups is 2. The van der Waals surface area contributed by atoms with Gasteiger partial charge in [0.05, 0.1) is 23.2 Å². The number of nitrogens with zero attached hydrogens (tertiary/aromatic N) is 5. The molecular formula is C28H29FN6O4. The number of benzene rings is 1. The normalized spacial score (nSPS) is 20.5. The van der Waals surface area contributed by atoms with Crippen LogP contribution in [0.4, 0.5) is 15.8 Å². The molecule has 10 nitrogen and oxygen atoms in total. The van der Waals surface area contributed by atoms with Gasteiger partial charge in [0, 0.05) is 29.7 Å². The number of hydrogen-bond acceptors (Lipinski definition) is 8. The number of nitrogens with one attached hydrogen (secondary N) is 1. The summed E-state index contributed by atoms with van der Waals surface area (Å²) < 4.78 is 25.8. The molecule has 2 aliphatic rings. The maximum atomic E-state index is 13.4. The molecule has 11 heteroatoms. The van der Waals surface area contributed by atoms with Crippen molar-refractivity contribution < 1.29 is 23.2 Å². The zero-order valence-electron chi connectivity index (χ0n) is 22.1. The molecule has 1 saturated carbocycles. The monoisotopic (exact) mass is 532 g/mol. The number of carbonyl (C=O) groups excluding carboxylic acids is 2. The molecule has 202 valence electrons. The number of hydrogen-bond donors (Lipinski definition) is 1. The van der Waals surface area contributed by atoms with Crippen LogP contribution in [0, 0.1) is 6.92 Å². The molecule has 1 aliphatic carbocycles. The average molecular weight is 533 g/mol. The molecule has 1 amide bonds. The smallest absolute Gasteiger partial charge is 0.329 e. The highest BCUT2D eigenvalue weighted by molar-refractivity contribution is 6.09. The van der Waals surface area contributed by atoms with Crippen LogP contribution < -0.4 is 10.2 Å². The summed E-state index contributed by atoms with van der Waals surface area (Å²) in [4.78, 5) is 32.3. The van der Waals surface area contributed by atoms with E-state index in [-0.39, 0.29) is 23.8 Å². The lowest BCUT2D eigenvalue weighted by Crippen LogP contribution is -2.54. The number of fused-ring (bicyclic) bond motifs is 1. The largest absolute Gasteiger partial charge is 0.458 e. The van der Waals surface area contributed by atoms with Crippen molar-refractivity contribution in [2.75, 3.05) is 16.8 Å². The van der Waals surface area contributed by atoms with Gasteiger partial charge in [-0.05, 0) is 64.3 Å². The highest BCUT2D eigenvalue weighted by Gasteiger charge is 2.43. The van der Waals surface area contributed by atoms with Crippen molar-refractivity contribution in [3.05, 3.63) is 59.7 Å². The molecule has 3 atom stereocenters. The molecule has 2 fully saturated rings. The Kier molecular flexibility index (Phi) is 5.89. The van der Waals surface area contributed by atoms with Crippen molar-refractivity contribution in [1.29, 1.82) is 0 Å². The number of anilines is 2. The molecule has 1 aromatic carbocycles. The third-order valence-electron chi connectivity index (χ3n) is 7.00. The van der Waals surface area contributed by atoms with E-state index in [1.54, 1.807) is 16.8 Å². The van der Waals surface area contributed by atoms with Gasteiger partial charge in [0.1, 0.15) is 17.8 Å². The van der Waals surface area contributed by atoms with Gasteiger partial charge in [-0.25, -0.2) is 13.7 Å². The van der Waals surface area contributed by atoms with Crippen LogP contribution in [0.3, 0.4) is 0 Å². The van der Waals surface area contributed by atoms with E-state index in [9.17, 15) is 14.0 Å². The first-order valence-corrected chi connectivity index (χ1v) is 12.9. The van der Waals surface area contributed by atoms with Gasteiger partial charge in [-0.2, -0.15) is 10.1 Å². The van der Waals surface area contributed by atoms with Crippen molar-refractivity contribution in [2.45, 2.75) is 64.3 Å². The first kappa shape index (κ1) is 25.0. The van der Waals surface area contributed by atoms with E-state index in [0.717, 1.165) is 11.3 Å². The maximum Gasteiger partial charge on any atom is 0.329 e. The van der Waals surface area contributed by atoms with Crippen molar-refractivity contribution >= 4 is 28.8 Å². The van der Waals surface area contributed by atoms with Crippen LogP contribution in [0.15, 0.2) is 47.2 Å². The Morgan fingerprint density at radius 2 is 2.00 bits per heavy atom. The van der Waals surface area contributed by atoms with E-state index < -0.39 is 11.8 Å². The number of amides is 1. The number of alkyl halides is 1. The molecule has 6 rings (SSSR count). The molecule has 1 aliphatic heterocycles. The van der Waals surface area contributed by atoms with E-state index in [1.165, 1.54) is 6.20 Å². The Labute approximate surface area is 224 Å². The van der Waals surface area contributed by atoms with Crippen molar-refractivity contribution in [3.63, 3.8) is 0 Å². The zero-order chi connectivity index (χ0) is 27.5. The van der Waals surface area contributed by atoms with Crippen molar-refractivity contribution in [2.24, 2.45) is 0 Å². The predicted molar refractivity (Wildman–Crippen MR) is 141 cm³/mol. The van der Waals surface area contributed by atoms with Crippen molar-refractivity contribution in [1.82, 2.24) is 19.8 Å². The zero-order valence-corrected chi connectivity index (χ0v) is 22.1. The van der Waals surface area contributed by atoms with E-state index in [0.29, 0.717) is 53.4 Å². The Morgan fingerprint density at radius 1 is 1.21 bits per heavy atom. The minimum absolute atomic E-state index is 0.258. The molecule has 0 radical (unpaired) electrons. The first-order chi connectivity index (χ1) is 18.6. The summed E-state index contributed by atoms with van der Waals surface area (Å²) in [6, 6.07) is 8.82. The first-order valence-electron chi connectivity index (χ1n) is 12.9. The fourth-order valence-corrected chi connectivity index (χ4v) is 4.64. The molecule has 3 aromatic heterocycles. The lowest BCUT2D eigenvalue weighted by molar-refractivity contribution is -0.158. The van der Waals surface area contributed by atoms with Gasteiger partial charge in [0.25, 0.3) is 5.91 Å². The quantitative estimate of drug-likeness (QED) is 0.356. The van der Waals surface area contributed by atoms with Crippen LogP contribution in [0.5, 0.6) is 0 Å². The third kappa shape index (κ3) is 4.84. The lowest BCUT2D eigenvalue weighted by atomic mass is 10.0. The Hall–Kier alpha value is -4.28. The topological polar surface area (TPSA) is 115 Å². The molecule has 4 aromatic rings. The molecular weight excluding hydrogens is 503 g/mol. The van der Waals surface area contributed by atoms with Gasteiger partial charge in [-0.3, -0.25) is 4.79 Å². The van der Waals surface area contributed by atoms with Crippen molar-refractivity contribution in [3.8, 4) is 11.4 Å². The summed E-state index contributed by atoms with van der Waals surface area (Å²) >= 11 is 0. The second-order valence-electron chi connectivity index (χ2n) is 11.1. The SMILES string of the molecule is Cc1ccc(-c2noc([C@H]3C[C@@H]3F)n2)cc1NC(=O)c1cnn2ccc(N3CC[C@H]3C(=O)OC(C)(C)C)cc12. The number of halogens is 1.